The van der Waals surface area contributed by atoms with Crippen molar-refractivity contribution in [3.63, 3.8) is 0 Å². The van der Waals surface area contributed by atoms with Gasteiger partial charge in [-0.2, -0.15) is 5.10 Å². The lowest BCUT2D eigenvalue weighted by atomic mass is 10.1. The maximum atomic E-state index is 13.1. The van der Waals surface area contributed by atoms with Crippen molar-refractivity contribution in [2.24, 2.45) is 7.05 Å². The summed E-state index contributed by atoms with van der Waals surface area (Å²) in [5.74, 6) is 1.21. The second kappa shape index (κ2) is 12.1. The van der Waals surface area contributed by atoms with Crippen LogP contribution in [0.25, 0.3) is 22.3 Å². The smallest absolute Gasteiger partial charge is 0.410 e. The first-order valence-corrected chi connectivity index (χ1v) is 14.3. The van der Waals surface area contributed by atoms with Crippen molar-refractivity contribution < 1.29 is 14.3 Å². The van der Waals surface area contributed by atoms with E-state index < -0.39 is 6.09 Å². The van der Waals surface area contributed by atoms with E-state index in [4.69, 9.17) is 10.5 Å². The van der Waals surface area contributed by atoms with Gasteiger partial charge in [-0.05, 0) is 54.9 Å². The number of amides is 2. The number of nitrogen functional groups attached to an aromatic ring is 1. The lowest BCUT2D eigenvalue weighted by molar-refractivity contribution is 0.0937. The molecule has 2 saturated heterocycles. The number of piperazine rings is 1. The Bertz CT molecular complexity index is 1630. The molecule has 0 radical (unpaired) electrons. The summed E-state index contributed by atoms with van der Waals surface area (Å²) in [5, 5.41) is 7.17. The molecule has 2 aliphatic rings. The normalized spacial score (nSPS) is 17.2. The monoisotopic (exact) mass is 581 g/mol. The van der Waals surface area contributed by atoms with Crippen molar-refractivity contribution in [3.8, 4) is 28.0 Å². The summed E-state index contributed by atoms with van der Waals surface area (Å²) in [6, 6.07) is 13.0. The summed E-state index contributed by atoms with van der Waals surface area (Å²) in [5.41, 5.74) is 9.84. The van der Waals surface area contributed by atoms with Crippen LogP contribution in [0.1, 0.15) is 16.8 Å². The fourth-order valence-electron chi connectivity index (χ4n) is 5.40. The third-order valence-electron chi connectivity index (χ3n) is 7.93. The Hall–Kier alpha value is -4.97. The van der Waals surface area contributed by atoms with Crippen molar-refractivity contribution >= 4 is 23.6 Å². The lowest BCUT2D eigenvalue weighted by Crippen LogP contribution is -2.44. The van der Waals surface area contributed by atoms with Crippen LogP contribution in [0.4, 0.5) is 16.4 Å². The van der Waals surface area contributed by atoms with Gasteiger partial charge in [-0.3, -0.25) is 9.48 Å². The molecule has 6 rings (SSSR count). The van der Waals surface area contributed by atoms with Crippen LogP contribution in [-0.2, 0) is 7.05 Å². The van der Waals surface area contributed by atoms with E-state index in [1.807, 2.05) is 43.7 Å². The van der Waals surface area contributed by atoms with Gasteiger partial charge in [0.25, 0.3) is 5.91 Å². The molecular weight excluding hydrogens is 546 g/mol. The van der Waals surface area contributed by atoms with Crippen LogP contribution in [0, 0.1) is 0 Å². The van der Waals surface area contributed by atoms with Crippen molar-refractivity contribution in [1.82, 2.24) is 34.9 Å². The maximum Gasteiger partial charge on any atom is 0.415 e. The number of hydrogen-bond donors (Lipinski definition) is 2. The first-order chi connectivity index (χ1) is 20.8. The largest absolute Gasteiger partial charge is 0.415 e. The average Bonchev–Trinajstić information content (AvgIpc) is 3.67. The van der Waals surface area contributed by atoms with Crippen LogP contribution >= 0.6 is 0 Å². The van der Waals surface area contributed by atoms with E-state index in [1.54, 1.807) is 34.1 Å². The molecule has 0 spiro atoms. The number of rotatable bonds is 6. The Balaban J connectivity index is 1.07. The number of benzene rings is 1. The molecule has 0 bridgehead atoms. The van der Waals surface area contributed by atoms with Crippen LogP contribution in [0.2, 0.25) is 0 Å². The third-order valence-corrected chi connectivity index (χ3v) is 7.93. The molecular formula is C31H35N9O3. The summed E-state index contributed by atoms with van der Waals surface area (Å²) in [6.45, 7) is 4.67. The van der Waals surface area contributed by atoms with Gasteiger partial charge < -0.3 is 30.5 Å². The Morgan fingerprint density at radius 3 is 2.53 bits per heavy atom. The minimum absolute atomic E-state index is 0.143. The van der Waals surface area contributed by atoms with Crippen molar-refractivity contribution in [2.75, 3.05) is 56.9 Å². The minimum Gasteiger partial charge on any atom is -0.410 e. The first-order valence-electron chi connectivity index (χ1n) is 14.3. The van der Waals surface area contributed by atoms with E-state index in [0.717, 1.165) is 54.3 Å². The number of nitrogens with two attached hydrogens (primary N) is 1. The van der Waals surface area contributed by atoms with Crippen molar-refractivity contribution in [3.05, 3.63) is 72.8 Å². The molecule has 3 N–H and O–H groups in total. The molecule has 12 heteroatoms. The number of carbonyl (C=O) groups is 2. The predicted molar refractivity (Wildman–Crippen MR) is 164 cm³/mol. The molecule has 3 aromatic heterocycles. The van der Waals surface area contributed by atoms with Gasteiger partial charge in [0.15, 0.2) is 0 Å². The van der Waals surface area contributed by atoms with Gasteiger partial charge in [0, 0.05) is 82.1 Å². The number of likely N-dealkylation sites (tertiary alicyclic amines) is 1. The van der Waals surface area contributed by atoms with Gasteiger partial charge in [0.1, 0.15) is 17.4 Å². The van der Waals surface area contributed by atoms with E-state index >= 15 is 0 Å². The molecule has 222 valence electrons. The molecule has 2 amide bonds. The molecule has 0 aliphatic carbocycles. The molecule has 2 aliphatic heterocycles. The fourth-order valence-corrected chi connectivity index (χ4v) is 5.40. The van der Waals surface area contributed by atoms with Crippen LogP contribution in [0.15, 0.2) is 67.3 Å². The maximum absolute atomic E-state index is 13.1. The van der Waals surface area contributed by atoms with E-state index in [1.165, 1.54) is 0 Å². The molecule has 2 fully saturated rings. The second-order valence-electron chi connectivity index (χ2n) is 11.1. The van der Waals surface area contributed by atoms with E-state index in [9.17, 15) is 9.59 Å². The minimum atomic E-state index is -0.457. The molecule has 0 saturated carbocycles. The van der Waals surface area contributed by atoms with Gasteiger partial charge in [-0.25, -0.2) is 14.8 Å². The number of ether oxygens (including phenoxy) is 1. The quantitative estimate of drug-likeness (QED) is 0.352. The lowest BCUT2D eigenvalue weighted by Gasteiger charge is -2.33. The second-order valence-corrected chi connectivity index (χ2v) is 11.1. The van der Waals surface area contributed by atoms with Crippen LogP contribution < -0.4 is 20.7 Å². The standard InChI is InChI=1S/C31H35N9O3/c1-37-10-12-39(13-11-37)28-16-22(6-8-33-28)21-4-3-5-26(14-21)43-31(42)40-9-7-25(20-40)36-30(41)27-15-23(17-34-29(27)32)24-18-35-38(2)19-24/h3-6,8,14-19,25H,7,9-13,20H2,1-2H3,(H2,32,34)(H,36,41)/t25-/m1/s1. The van der Waals surface area contributed by atoms with E-state index in [-0.39, 0.29) is 23.3 Å². The highest BCUT2D eigenvalue weighted by atomic mass is 16.6. The summed E-state index contributed by atoms with van der Waals surface area (Å²) in [7, 11) is 3.95. The van der Waals surface area contributed by atoms with Crippen LogP contribution in [-0.4, -0.2) is 93.9 Å². The Morgan fingerprint density at radius 1 is 0.930 bits per heavy atom. The Kier molecular flexibility index (Phi) is 7.93. The van der Waals surface area contributed by atoms with Crippen LogP contribution in [0.5, 0.6) is 5.75 Å². The highest BCUT2D eigenvalue weighted by molar-refractivity contribution is 5.99. The van der Waals surface area contributed by atoms with E-state index in [0.29, 0.717) is 25.3 Å². The summed E-state index contributed by atoms with van der Waals surface area (Å²) < 4.78 is 7.43. The van der Waals surface area contributed by atoms with Gasteiger partial charge >= 0.3 is 6.09 Å². The first kappa shape index (κ1) is 28.2. The average molecular weight is 582 g/mol. The zero-order chi connectivity index (χ0) is 29.9. The topological polar surface area (TPSA) is 135 Å². The highest BCUT2D eigenvalue weighted by Gasteiger charge is 2.29. The molecule has 1 atom stereocenters. The highest BCUT2D eigenvalue weighted by Crippen LogP contribution is 2.28. The zero-order valence-corrected chi connectivity index (χ0v) is 24.3. The zero-order valence-electron chi connectivity index (χ0n) is 24.3. The SMILES string of the molecule is CN1CCN(c2cc(-c3cccc(OC(=O)N4CC[C@@H](NC(=O)c5cc(-c6cnn(C)c6)cnc5N)C4)c3)ccn2)CC1. The van der Waals surface area contributed by atoms with Crippen molar-refractivity contribution in [2.45, 2.75) is 12.5 Å². The summed E-state index contributed by atoms with van der Waals surface area (Å²) in [6.07, 6.45) is 7.12. The number of nitrogens with one attached hydrogen (secondary N) is 1. The van der Waals surface area contributed by atoms with E-state index in [2.05, 4.69) is 43.3 Å². The molecule has 5 heterocycles. The number of hydrogen-bond acceptors (Lipinski definition) is 9. The molecule has 1 aromatic carbocycles. The fraction of sp³-hybridized carbons (Fsp3) is 0.323. The van der Waals surface area contributed by atoms with Gasteiger partial charge in [-0.15, -0.1) is 0 Å². The number of aryl methyl sites for hydroxylation is 1. The van der Waals surface area contributed by atoms with Crippen molar-refractivity contribution in [1.29, 1.82) is 0 Å². The summed E-state index contributed by atoms with van der Waals surface area (Å²) in [4.78, 5) is 41.1. The van der Waals surface area contributed by atoms with Crippen LogP contribution in [0.3, 0.4) is 0 Å². The number of anilines is 2. The van der Waals surface area contributed by atoms with Gasteiger partial charge in [0.05, 0.1) is 11.8 Å². The Labute approximate surface area is 250 Å². The number of nitrogens with zero attached hydrogens (tertiary/aromatic N) is 7. The number of carbonyl (C=O) groups excluding carboxylic acids is 2. The molecule has 12 nitrogen and oxygen atoms in total. The molecule has 43 heavy (non-hydrogen) atoms. The van der Waals surface area contributed by atoms with Gasteiger partial charge in [0.2, 0.25) is 0 Å². The predicted octanol–water partition coefficient (Wildman–Crippen LogP) is 2.88. The van der Waals surface area contributed by atoms with Gasteiger partial charge in [-0.1, -0.05) is 12.1 Å². The number of aromatic nitrogens is 4. The number of pyridine rings is 2. The Morgan fingerprint density at radius 2 is 1.74 bits per heavy atom. The molecule has 4 aromatic rings. The molecule has 0 unspecified atom stereocenters. The number of likely N-dealkylation sites (N-methyl/N-ethyl adjacent to an activating group) is 1. The third kappa shape index (κ3) is 6.44. The summed E-state index contributed by atoms with van der Waals surface area (Å²) >= 11 is 0.